The monoisotopic (exact) mass is 526 g/mol. The van der Waals surface area contributed by atoms with E-state index in [9.17, 15) is 9.90 Å². The van der Waals surface area contributed by atoms with E-state index in [2.05, 4.69) is 54.0 Å². The van der Waals surface area contributed by atoms with Gasteiger partial charge in [-0.05, 0) is 83.4 Å². The van der Waals surface area contributed by atoms with Gasteiger partial charge in [0.1, 0.15) is 11.2 Å². The Labute approximate surface area is 189 Å². The fourth-order valence-corrected chi connectivity index (χ4v) is 6.21. The molecule has 1 amide bonds. The number of ether oxygens (including phenoxy) is 1. The highest BCUT2D eigenvalue weighted by molar-refractivity contribution is 14.1. The smallest absolute Gasteiger partial charge is 0.256 e. The van der Waals surface area contributed by atoms with E-state index in [4.69, 9.17) is 4.74 Å². The van der Waals surface area contributed by atoms with Gasteiger partial charge in [-0.2, -0.15) is 0 Å². The number of aromatic hydroxyl groups is 1. The molecule has 1 aromatic carbocycles. The van der Waals surface area contributed by atoms with Gasteiger partial charge in [-0.15, -0.1) is 11.3 Å². The van der Waals surface area contributed by atoms with Crippen LogP contribution in [0.3, 0.4) is 0 Å². The van der Waals surface area contributed by atoms with Crippen LogP contribution in [-0.4, -0.2) is 17.6 Å². The summed E-state index contributed by atoms with van der Waals surface area (Å²) in [4.78, 5) is 14.4. The summed E-state index contributed by atoms with van der Waals surface area (Å²) in [5, 5.41) is 17.8. The van der Waals surface area contributed by atoms with Gasteiger partial charge in [-0.25, -0.2) is 0 Å². The van der Waals surface area contributed by atoms with Crippen LogP contribution in [0.15, 0.2) is 12.1 Å². The Balaban J connectivity index is 1.65. The lowest BCUT2D eigenvalue weighted by atomic mass is 9.72. The van der Waals surface area contributed by atoms with Crippen molar-refractivity contribution in [3.8, 4) is 11.5 Å². The third-order valence-electron chi connectivity index (χ3n) is 5.95. The van der Waals surface area contributed by atoms with Crippen molar-refractivity contribution < 1.29 is 14.6 Å². The molecular weight excluding hydrogens is 499 g/mol. The molecule has 0 fully saturated rings. The minimum absolute atomic E-state index is 0.0171. The normalized spacial score (nSPS) is 21.1. The third-order valence-corrected chi connectivity index (χ3v) is 7.96. The fraction of sp³-hybridized carbons (Fsp3) is 0.500. The second-order valence-electron chi connectivity index (χ2n) is 8.85. The van der Waals surface area contributed by atoms with Crippen molar-refractivity contribution in [2.45, 2.75) is 53.1 Å². The summed E-state index contributed by atoms with van der Waals surface area (Å²) in [7, 11) is 0. The molecule has 7 heteroatoms. The number of phenols is 1. The molecule has 156 valence electrons. The van der Waals surface area contributed by atoms with Crippen LogP contribution in [0.4, 0.5) is 5.00 Å². The van der Waals surface area contributed by atoms with E-state index < -0.39 is 0 Å². The zero-order valence-corrected chi connectivity index (χ0v) is 20.2. The summed E-state index contributed by atoms with van der Waals surface area (Å²) in [5.74, 6) is 1.20. The molecule has 0 bridgehead atoms. The summed E-state index contributed by atoms with van der Waals surface area (Å²) in [6.45, 7) is 9.26. The van der Waals surface area contributed by atoms with Crippen molar-refractivity contribution in [1.29, 1.82) is 0 Å². The van der Waals surface area contributed by atoms with Crippen LogP contribution in [-0.2, 0) is 12.8 Å². The van der Waals surface area contributed by atoms with E-state index >= 15 is 0 Å². The average molecular weight is 526 g/mol. The first-order chi connectivity index (χ1) is 13.7. The number of phenolic OH excluding ortho intramolecular Hbond substituents is 1. The first-order valence-corrected chi connectivity index (χ1v) is 12.0. The molecule has 2 heterocycles. The van der Waals surface area contributed by atoms with Crippen LogP contribution >= 0.6 is 33.9 Å². The molecule has 2 aliphatic rings. The Morgan fingerprint density at radius 3 is 2.76 bits per heavy atom. The van der Waals surface area contributed by atoms with E-state index in [0.717, 1.165) is 35.4 Å². The molecule has 0 radical (unpaired) electrons. The molecule has 0 saturated heterocycles. The van der Waals surface area contributed by atoms with Gasteiger partial charge < -0.3 is 20.5 Å². The van der Waals surface area contributed by atoms with Gasteiger partial charge in [0.25, 0.3) is 5.91 Å². The predicted molar refractivity (Wildman–Crippen MR) is 125 cm³/mol. The zero-order chi connectivity index (χ0) is 20.9. The lowest BCUT2D eigenvalue weighted by Gasteiger charge is -2.34. The highest BCUT2D eigenvalue weighted by Crippen LogP contribution is 2.46. The van der Waals surface area contributed by atoms with Gasteiger partial charge in [0.05, 0.1) is 15.7 Å². The number of nitrogens with one attached hydrogen (secondary N) is 2. The fourth-order valence-electron chi connectivity index (χ4n) is 4.23. The second kappa shape index (κ2) is 7.65. The molecule has 0 spiro atoms. The number of halogens is 1. The molecule has 1 aliphatic carbocycles. The molecule has 0 saturated carbocycles. The Bertz CT molecular complexity index is 964. The Morgan fingerprint density at radius 2 is 2.07 bits per heavy atom. The molecule has 1 aliphatic heterocycles. The number of carbonyl (C=O) groups is 1. The summed E-state index contributed by atoms with van der Waals surface area (Å²) < 4.78 is 6.26. The number of benzene rings is 1. The predicted octanol–water partition coefficient (Wildman–Crippen LogP) is 5.46. The summed E-state index contributed by atoms with van der Waals surface area (Å²) in [6, 6.07) is 3.68. The number of carbonyl (C=O) groups excluding carboxylic acids is 1. The van der Waals surface area contributed by atoms with Crippen LogP contribution in [0, 0.1) is 14.9 Å². The molecule has 29 heavy (non-hydrogen) atoms. The highest BCUT2D eigenvalue weighted by atomic mass is 127. The molecule has 4 rings (SSSR count). The maximum Gasteiger partial charge on any atom is 0.256 e. The zero-order valence-electron chi connectivity index (χ0n) is 17.2. The van der Waals surface area contributed by atoms with Gasteiger partial charge in [0.2, 0.25) is 0 Å². The van der Waals surface area contributed by atoms with Crippen LogP contribution in [0.25, 0.3) is 0 Å². The summed E-state index contributed by atoms with van der Waals surface area (Å²) in [6.07, 6.45) is 2.79. The first-order valence-electron chi connectivity index (χ1n) is 10.1. The molecule has 3 N–H and O–H groups in total. The standard InChI is InChI=1S/C22H27IN2O3S/c1-5-28-15-9-11(8-14(23)18(15)26)19-24-20(27)17-13-7-6-12(22(2,3)4)10-16(13)29-21(17)25-19/h8-9,12,19,25-26H,5-7,10H2,1-4H3,(H,24,27)/t12-,19+/m1/s1. The van der Waals surface area contributed by atoms with E-state index in [0.29, 0.717) is 21.8 Å². The average Bonchev–Trinajstić information content (AvgIpc) is 3.02. The van der Waals surface area contributed by atoms with Gasteiger partial charge in [-0.1, -0.05) is 20.8 Å². The van der Waals surface area contributed by atoms with Gasteiger partial charge in [0.15, 0.2) is 11.5 Å². The number of amides is 1. The van der Waals surface area contributed by atoms with Gasteiger partial charge in [0, 0.05) is 4.88 Å². The third kappa shape index (κ3) is 3.83. The van der Waals surface area contributed by atoms with Crippen molar-refractivity contribution in [3.05, 3.63) is 37.3 Å². The van der Waals surface area contributed by atoms with E-state index in [1.165, 1.54) is 10.4 Å². The van der Waals surface area contributed by atoms with Crippen molar-refractivity contribution in [2.75, 3.05) is 11.9 Å². The minimum atomic E-state index is -0.346. The quantitative estimate of drug-likeness (QED) is 0.465. The molecule has 5 nitrogen and oxygen atoms in total. The summed E-state index contributed by atoms with van der Waals surface area (Å²) >= 11 is 3.82. The highest BCUT2D eigenvalue weighted by Gasteiger charge is 2.36. The number of hydrogen-bond acceptors (Lipinski definition) is 5. The Hall–Kier alpha value is -1.48. The molecular formula is C22H27IN2O3S. The van der Waals surface area contributed by atoms with Crippen molar-refractivity contribution in [2.24, 2.45) is 11.3 Å². The lowest BCUT2D eigenvalue weighted by Crippen LogP contribution is -2.38. The number of fused-ring (bicyclic) bond motifs is 3. The Kier molecular flexibility index (Phi) is 5.48. The maximum atomic E-state index is 13.0. The number of thiophene rings is 1. The minimum Gasteiger partial charge on any atom is -0.504 e. The van der Waals surface area contributed by atoms with Crippen molar-refractivity contribution >= 4 is 44.8 Å². The van der Waals surface area contributed by atoms with Crippen LogP contribution in [0.5, 0.6) is 11.5 Å². The van der Waals surface area contributed by atoms with Crippen LogP contribution in [0.1, 0.15) is 66.6 Å². The molecule has 2 atom stereocenters. The van der Waals surface area contributed by atoms with Crippen LogP contribution in [0.2, 0.25) is 0 Å². The topological polar surface area (TPSA) is 70.6 Å². The SMILES string of the molecule is CCOc1cc([C@H]2NC(=O)c3c(sc4c3CC[C@@H](C(C)(C)C)C4)N2)cc(I)c1O. The van der Waals surface area contributed by atoms with Crippen LogP contribution < -0.4 is 15.4 Å². The number of anilines is 1. The van der Waals surface area contributed by atoms with E-state index in [1.54, 1.807) is 17.4 Å². The largest absolute Gasteiger partial charge is 0.504 e. The molecule has 1 aromatic heterocycles. The van der Waals surface area contributed by atoms with Crippen molar-refractivity contribution in [1.82, 2.24) is 5.32 Å². The van der Waals surface area contributed by atoms with Gasteiger partial charge in [-0.3, -0.25) is 4.79 Å². The second-order valence-corrected chi connectivity index (χ2v) is 11.1. The molecule has 0 unspecified atom stereocenters. The molecule has 2 aromatic rings. The first kappa shape index (κ1) is 20.8. The number of rotatable bonds is 3. The van der Waals surface area contributed by atoms with E-state index in [-0.39, 0.29) is 23.2 Å². The number of hydrogen-bond donors (Lipinski definition) is 3. The summed E-state index contributed by atoms with van der Waals surface area (Å²) in [5.41, 5.74) is 3.20. The van der Waals surface area contributed by atoms with Crippen molar-refractivity contribution in [3.63, 3.8) is 0 Å². The lowest BCUT2D eigenvalue weighted by molar-refractivity contribution is 0.0934. The Morgan fingerprint density at radius 1 is 1.31 bits per heavy atom. The van der Waals surface area contributed by atoms with Gasteiger partial charge >= 0.3 is 0 Å². The maximum absolute atomic E-state index is 13.0. The van der Waals surface area contributed by atoms with E-state index in [1.807, 2.05) is 13.0 Å².